The number of hydrogen-bond donors (Lipinski definition) is 4. The average Bonchev–Trinajstić information content (AvgIpc) is 2.69. The van der Waals surface area contributed by atoms with E-state index in [-0.39, 0.29) is 39.5 Å². The highest BCUT2D eigenvalue weighted by molar-refractivity contribution is 6.02. The van der Waals surface area contributed by atoms with Gasteiger partial charge in [-0.05, 0) is 30.7 Å². The van der Waals surface area contributed by atoms with Crippen molar-refractivity contribution in [1.82, 2.24) is 10.6 Å². The van der Waals surface area contributed by atoms with Crippen LogP contribution in [0.5, 0.6) is 5.75 Å². The number of ether oxygens (including phenoxy) is 1. The zero-order valence-corrected chi connectivity index (χ0v) is 16.0. The molecule has 8 heteroatoms. The van der Waals surface area contributed by atoms with Crippen molar-refractivity contribution in [3.05, 3.63) is 53.2 Å². The van der Waals surface area contributed by atoms with Crippen LogP contribution in [0.4, 0.5) is 14.5 Å². The second kappa shape index (κ2) is 9.07. The number of benzene rings is 2. The lowest BCUT2D eigenvalue weighted by atomic mass is 9.96. The lowest BCUT2D eigenvalue weighted by molar-refractivity contribution is -0.117. The number of carbonyl (C=O) groups excluding carboxylic acids is 1. The summed E-state index contributed by atoms with van der Waals surface area (Å²) in [6.45, 7) is 2.36. The minimum Gasteiger partial charge on any atom is -0.496 e. The van der Waals surface area contributed by atoms with E-state index in [4.69, 9.17) is 16.2 Å². The van der Waals surface area contributed by atoms with Gasteiger partial charge in [-0.1, -0.05) is 13.0 Å². The minimum absolute atomic E-state index is 0.0704. The third-order valence-electron chi connectivity index (χ3n) is 4.21. The molecular weight excluding hydrogens is 366 g/mol. The zero-order chi connectivity index (χ0) is 20.8. The number of halogens is 2. The number of nitrogens with two attached hydrogens (primary N) is 2. The standard InChI is InChI=1S/C20H24F2N4O2/c1-4-10-26-20(27)18(24)19(25-2)11-8-9-13(22)16(17(11)23)15-12(21)6-5-7-14(15)28-3/h5-9,25H,4,10,23-24H2,1-3H3,(H,26,27)/b19-18+. The third kappa shape index (κ3) is 4.00. The van der Waals surface area contributed by atoms with Gasteiger partial charge in [0.1, 0.15) is 23.1 Å². The molecule has 1 amide bonds. The largest absolute Gasteiger partial charge is 0.496 e. The molecule has 0 fully saturated rings. The Kier molecular flexibility index (Phi) is 6.81. The fourth-order valence-electron chi connectivity index (χ4n) is 2.84. The summed E-state index contributed by atoms with van der Waals surface area (Å²) < 4.78 is 34.3. The number of anilines is 1. The van der Waals surface area contributed by atoms with Gasteiger partial charge in [-0.3, -0.25) is 4.79 Å². The monoisotopic (exact) mass is 390 g/mol. The summed E-state index contributed by atoms with van der Waals surface area (Å²) in [6.07, 6.45) is 0.740. The fraction of sp³-hybridized carbons (Fsp3) is 0.250. The summed E-state index contributed by atoms with van der Waals surface area (Å²) in [4.78, 5) is 12.2. The summed E-state index contributed by atoms with van der Waals surface area (Å²) in [5, 5.41) is 5.49. The first-order chi connectivity index (χ1) is 13.4. The normalized spacial score (nSPS) is 11.6. The first-order valence-electron chi connectivity index (χ1n) is 8.74. The third-order valence-corrected chi connectivity index (χ3v) is 4.21. The SMILES string of the molecule is CCCNC(=O)/C(N)=C(\NC)c1ccc(F)c(-c2c(F)cccc2OC)c1N. The molecule has 0 atom stereocenters. The maximum absolute atomic E-state index is 14.7. The van der Waals surface area contributed by atoms with Crippen molar-refractivity contribution in [2.24, 2.45) is 5.73 Å². The molecule has 6 nitrogen and oxygen atoms in total. The van der Waals surface area contributed by atoms with E-state index in [1.54, 1.807) is 7.05 Å². The molecule has 0 saturated heterocycles. The minimum atomic E-state index is -0.728. The molecule has 0 aliphatic heterocycles. The van der Waals surface area contributed by atoms with Crippen molar-refractivity contribution >= 4 is 17.3 Å². The lowest BCUT2D eigenvalue weighted by Crippen LogP contribution is -2.32. The number of hydrogen-bond acceptors (Lipinski definition) is 5. The summed E-state index contributed by atoms with van der Waals surface area (Å²) in [7, 11) is 2.91. The summed E-state index contributed by atoms with van der Waals surface area (Å²) in [5.74, 6) is -1.77. The van der Waals surface area contributed by atoms with Crippen molar-refractivity contribution in [1.29, 1.82) is 0 Å². The van der Waals surface area contributed by atoms with E-state index in [0.717, 1.165) is 12.5 Å². The van der Waals surface area contributed by atoms with E-state index in [9.17, 15) is 13.6 Å². The molecule has 0 unspecified atom stereocenters. The van der Waals surface area contributed by atoms with Gasteiger partial charge in [0.05, 0.1) is 24.1 Å². The molecule has 2 aromatic carbocycles. The Morgan fingerprint density at radius 2 is 1.82 bits per heavy atom. The molecule has 0 heterocycles. The Labute approximate surface area is 162 Å². The van der Waals surface area contributed by atoms with E-state index in [1.807, 2.05) is 6.92 Å². The van der Waals surface area contributed by atoms with Gasteiger partial charge in [-0.2, -0.15) is 0 Å². The zero-order valence-electron chi connectivity index (χ0n) is 16.0. The number of rotatable bonds is 7. The molecule has 0 saturated carbocycles. The molecule has 0 bridgehead atoms. The van der Waals surface area contributed by atoms with Crippen LogP contribution in [0.25, 0.3) is 16.8 Å². The van der Waals surface area contributed by atoms with E-state index >= 15 is 0 Å². The van der Waals surface area contributed by atoms with Gasteiger partial charge in [-0.15, -0.1) is 0 Å². The molecule has 6 N–H and O–H groups in total. The highest BCUT2D eigenvalue weighted by Crippen LogP contribution is 2.40. The molecule has 0 aliphatic carbocycles. The Hall–Kier alpha value is -3.29. The van der Waals surface area contributed by atoms with Gasteiger partial charge in [0.15, 0.2) is 0 Å². The number of amides is 1. The summed E-state index contributed by atoms with van der Waals surface area (Å²) in [5.41, 5.74) is 12.2. The van der Waals surface area contributed by atoms with Crippen LogP contribution in [0.1, 0.15) is 18.9 Å². The van der Waals surface area contributed by atoms with Crippen LogP contribution in [0.3, 0.4) is 0 Å². The summed E-state index contributed by atoms with van der Waals surface area (Å²) in [6, 6.07) is 6.66. The average molecular weight is 390 g/mol. The first kappa shape index (κ1) is 21.0. The number of nitrogens with one attached hydrogen (secondary N) is 2. The smallest absolute Gasteiger partial charge is 0.269 e. The van der Waals surface area contributed by atoms with Crippen LogP contribution in [0.2, 0.25) is 0 Å². The van der Waals surface area contributed by atoms with Crippen molar-refractivity contribution in [3.63, 3.8) is 0 Å². The van der Waals surface area contributed by atoms with E-state index in [0.29, 0.717) is 6.54 Å². The quantitative estimate of drug-likeness (QED) is 0.430. The molecule has 2 aromatic rings. The van der Waals surface area contributed by atoms with E-state index < -0.39 is 17.5 Å². The Balaban J connectivity index is 2.70. The van der Waals surface area contributed by atoms with Crippen LogP contribution in [-0.2, 0) is 4.79 Å². The molecule has 2 rings (SSSR count). The maximum atomic E-state index is 14.7. The second-order valence-corrected chi connectivity index (χ2v) is 6.00. The van der Waals surface area contributed by atoms with Gasteiger partial charge in [0.25, 0.3) is 5.91 Å². The van der Waals surface area contributed by atoms with Crippen molar-refractivity contribution in [2.45, 2.75) is 13.3 Å². The predicted octanol–water partition coefficient (Wildman–Crippen LogP) is 2.60. The van der Waals surface area contributed by atoms with Crippen molar-refractivity contribution < 1.29 is 18.3 Å². The van der Waals surface area contributed by atoms with E-state index in [1.165, 1.54) is 31.4 Å². The summed E-state index contributed by atoms with van der Waals surface area (Å²) >= 11 is 0. The van der Waals surface area contributed by atoms with Crippen LogP contribution >= 0.6 is 0 Å². The van der Waals surface area contributed by atoms with Crippen LogP contribution in [0.15, 0.2) is 36.0 Å². The van der Waals surface area contributed by atoms with Gasteiger partial charge >= 0.3 is 0 Å². The topological polar surface area (TPSA) is 102 Å². The molecule has 0 spiro atoms. The number of methoxy groups -OCH3 is 1. The number of nitrogen functional groups attached to an aromatic ring is 1. The van der Waals surface area contributed by atoms with Gasteiger partial charge in [0.2, 0.25) is 0 Å². The highest BCUT2D eigenvalue weighted by atomic mass is 19.1. The maximum Gasteiger partial charge on any atom is 0.269 e. The molecule has 0 radical (unpaired) electrons. The predicted molar refractivity (Wildman–Crippen MR) is 106 cm³/mol. The van der Waals surface area contributed by atoms with Gasteiger partial charge in [-0.25, -0.2) is 8.78 Å². The highest BCUT2D eigenvalue weighted by Gasteiger charge is 2.23. The molecule has 150 valence electrons. The van der Waals surface area contributed by atoms with Crippen LogP contribution in [0, 0.1) is 11.6 Å². The van der Waals surface area contributed by atoms with Crippen LogP contribution < -0.4 is 26.8 Å². The number of carbonyl (C=O) groups is 1. The molecular formula is C20H24F2N4O2. The van der Waals surface area contributed by atoms with Crippen LogP contribution in [-0.4, -0.2) is 26.6 Å². The van der Waals surface area contributed by atoms with E-state index in [2.05, 4.69) is 10.6 Å². The van der Waals surface area contributed by atoms with Gasteiger partial charge in [0, 0.05) is 24.7 Å². The first-order valence-corrected chi connectivity index (χ1v) is 8.74. The lowest BCUT2D eigenvalue weighted by Gasteiger charge is -2.18. The molecule has 28 heavy (non-hydrogen) atoms. The molecule has 0 aliphatic rings. The Bertz CT molecular complexity index is 913. The Morgan fingerprint density at radius 1 is 1.14 bits per heavy atom. The van der Waals surface area contributed by atoms with Crippen molar-refractivity contribution in [2.75, 3.05) is 26.4 Å². The second-order valence-electron chi connectivity index (χ2n) is 6.00. The van der Waals surface area contributed by atoms with Gasteiger partial charge < -0.3 is 26.8 Å². The Morgan fingerprint density at radius 3 is 2.43 bits per heavy atom. The molecule has 0 aromatic heterocycles. The fourth-order valence-corrected chi connectivity index (χ4v) is 2.84. The van der Waals surface area contributed by atoms with Crippen molar-refractivity contribution in [3.8, 4) is 16.9 Å².